The molecule has 0 fully saturated rings. The summed E-state index contributed by atoms with van der Waals surface area (Å²) in [6.45, 7) is 0. The van der Waals surface area contributed by atoms with E-state index >= 15 is 0 Å². The zero-order valence-corrected chi connectivity index (χ0v) is 16.9. The number of benzene rings is 4. The first kappa shape index (κ1) is 19.7. The molecule has 0 radical (unpaired) electrons. The van der Waals surface area contributed by atoms with Crippen molar-refractivity contribution in [2.75, 3.05) is 5.32 Å². The Morgan fingerprint density at radius 1 is 0.656 bits per heavy atom. The molecule has 1 amide bonds. The Labute approximate surface area is 184 Å². The van der Waals surface area contributed by atoms with E-state index in [0.29, 0.717) is 22.4 Å². The molecule has 5 heteroatoms. The van der Waals surface area contributed by atoms with Gasteiger partial charge in [-0.1, -0.05) is 66.7 Å². The summed E-state index contributed by atoms with van der Waals surface area (Å²) >= 11 is 0. The third-order valence-corrected chi connectivity index (χ3v) is 5.77. The molecule has 1 atom stereocenters. The molecule has 4 aromatic rings. The number of carbonyl (C=O) groups is 2. The molecule has 0 heterocycles. The number of carboxylic acids is 1. The largest absolute Gasteiger partial charge is 0.478 e. The summed E-state index contributed by atoms with van der Waals surface area (Å²) < 4.78 is 0. The Morgan fingerprint density at radius 3 is 1.94 bits per heavy atom. The third kappa shape index (κ3) is 3.25. The highest BCUT2D eigenvalue weighted by molar-refractivity contribution is 6.10. The Hall–Kier alpha value is -4.22. The smallest absolute Gasteiger partial charge is 0.336 e. The fourth-order valence-electron chi connectivity index (χ4n) is 4.28. The number of aliphatic hydroxyl groups excluding tert-OH is 1. The van der Waals surface area contributed by atoms with Crippen LogP contribution < -0.4 is 5.32 Å². The predicted octanol–water partition coefficient (Wildman–Crippen LogP) is 5.37. The van der Waals surface area contributed by atoms with Gasteiger partial charge in [0.15, 0.2) is 0 Å². The molecule has 4 aromatic carbocycles. The van der Waals surface area contributed by atoms with E-state index in [2.05, 4.69) is 5.32 Å². The van der Waals surface area contributed by atoms with Gasteiger partial charge in [-0.15, -0.1) is 0 Å². The number of aromatic carboxylic acids is 1. The van der Waals surface area contributed by atoms with Crippen LogP contribution in [-0.2, 0) is 0 Å². The van der Waals surface area contributed by atoms with E-state index in [4.69, 9.17) is 0 Å². The fourth-order valence-corrected chi connectivity index (χ4v) is 4.28. The van der Waals surface area contributed by atoms with Gasteiger partial charge in [0.05, 0.1) is 5.56 Å². The van der Waals surface area contributed by atoms with Crippen LogP contribution in [0, 0.1) is 0 Å². The molecule has 3 N–H and O–H groups in total. The van der Waals surface area contributed by atoms with Crippen LogP contribution in [0.3, 0.4) is 0 Å². The van der Waals surface area contributed by atoms with Gasteiger partial charge in [0.2, 0.25) is 0 Å². The summed E-state index contributed by atoms with van der Waals surface area (Å²) in [5, 5.41) is 23.2. The zero-order chi connectivity index (χ0) is 22.2. The zero-order valence-electron chi connectivity index (χ0n) is 16.9. The molecule has 0 aliphatic heterocycles. The molecule has 5 rings (SSSR count). The van der Waals surface area contributed by atoms with Crippen LogP contribution in [-0.4, -0.2) is 22.1 Å². The number of amides is 1. The van der Waals surface area contributed by atoms with Crippen molar-refractivity contribution < 1.29 is 19.8 Å². The number of anilines is 1. The number of fused-ring (bicyclic) bond motifs is 3. The number of carboxylic acid groups (broad SMARTS) is 1. The van der Waals surface area contributed by atoms with Gasteiger partial charge < -0.3 is 15.5 Å². The quantitative estimate of drug-likeness (QED) is 0.414. The Balaban J connectivity index is 1.49. The molecule has 1 aliphatic rings. The van der Waals surface area contributed by atoms with E-state index in [1.54, 1.807) is 54.6 Å². The first-order valence-corrected chi connectivity index (χ1v) is 10.2. The van der Waals surface area contributed by atoms with E-state index < -0.39 is 12.1 Å². The number of hydrogen-bond acceptors (Lipinski definition) is 3. The SMILES string of the molecule is O=C(O)c1ccccc1-c1ccccc1C(=O)Nc1ccc2c(c1)[C@@H](O)c1ccccc1-2. The first-order valence-electron chi connectivity index (χ1n) is 10.2. The van der Waals surface area contributed by atoms with E-state index in [-0.39, 0.29) is 11.5 Å². The Bertz CT molecular complexity index is 1380. The van der Waals surface area contributed by atoms with Crippen LogP contribution in [0.2, 0.25) is 0 Å². The minimum Gasteiger partial charge on any atom is -0.478 e. The van der Waals surface area contributed by atoms with E-state index in [9.17, 15) is 19.8 Å². The van der Waals surface area contributed by atoms with Crippen LogP contribution in [0.4, 0.5) is 5.69 Å². The summed E-state index contributed by atoms with van der Waals surface area (Å²) in [7, 11) is 0. The van der Waals surface area contributed by atoms with Gasteiger partial charge in [-0.2, -0.15) is 0 Å². The standard InChI is InChI=1S/C27H19NO4/c29-25-21-10-4-1-7-17(21)20-14-13-16(15-24(20)25)28-26(30)22-11-5-2-8-18(22)19-9-3-6-12-23(19)27(31)32/h1-15,25,29H,(H,28,30)(H,31,32)/t25-/m0/s1. The van der Waals surface area contributed by atoms with Crippen molar-refractivity contribution in [3.8, 4) is 22.3 Å². The van der Waals surface area contributed by atoms with E-state index in [0.717, 1.165) is 22.3 Å². The second kappa shape index (κ2) is 7.80. The maximum absolute atomic E-state index is 13.2. The molecule has 0 bridgehead atoms. The van der Waals surface area contributed by atoms with Crippen molar-refractivity contribution in [1.82, 2.24) is 0 Å². The van der Waals surface area contributed by atoms with Crippen molar-refractivity contribution in [3.05, 3.63) is 113 Å². The second-order valence-corrected chi connectivity index (χ2v) is 7.64. The summed E-state index contributed by atoms with van der Waals surface area (Å²) in [5.41, 5.74) is 5.60. The highest BCUT2D eigenvalue weighted by atomic mass is 16.4. The summed E-state index contributed by atoms with van der Waals surface area (Å²) in [6.07, 6.45) is -0.743. The molecule has 0 saturated heterocycles. The van der Waals surface area contributed by atoms with Gasteiger partial charge >= 0.3 is 5.97 Å². The van der Waals surface area contributed by atoms with Crippen LogP contribution in [0.5, 0.6) is 0 Å². The lowest BCUT2D eigenvalue weighted by molar-refractivity contribution is 0.0697. The Kier molecular flexibility index (Phi) is 4.81. The van der Waals surface area contributed by atoms with Gasteiger partial charge in [-0.25, -0.2) is 4.79 Å². The molecular formula is C27H19NO4. The van der Waals surface area contributed by atoms with Gasteiger partial charge in [-0.05, 0) is 57.6 Å². The lowest BCUT2D eigenvalue weighted by Gasteiger charge is -2.13. The number of aliphatic hydroxyl groups is 1. The maximum Gasteiger partial charge on any atom is 0.336 e. The van der Waals surface area contributed by atoms with Crippen molar-refractivity contribution in [1.29, 1.82) is 0 Å². The first-order chi connectivity index (χ1) is 15.5. The minimum atomic E-state index is -1.05. The lowest BCUT2D eigenvalue weighted by atomic mass is 9.95. The molecule has 32 heavy (non-hydrogen) atoms. The lowest BCUT2D eigenvalue weighted by Crippen LogP contribution is -2.14. The minimum absolute atomic E-state index is 0.131. The molecule has 0 unspecified atom stereocenters. The monoisotopic (exact) mass is 421 g/mol. The molecule has 5 nitrogen and oxygen atoms in total. The van der Waals surface area contributed by atoms with Crippen LogP contribution >= 0.6 is 0 Å². The van der Waals surface area contributed by atoms with E-state index in [1.165, 1.54) is 6.07 Å². The summed E-state index contributed by atoms with van der Waals surface area (Å²) in [5.74, 6) is -1.41. The van der Waals surface area contributed by atoms with Crippen LogP contribution in [0.15, 0.2) is 91.0 Å². The average Bonchev–Trinajstić information content (AvgIpc) is 3.11. The molecular weight excluding hydrogens is 402 g/mol. The summed E-state index contributed by atoms with van der Waals surface area (Å²) in [4.78, 5) is 24.8. The van der Waals surface area contributed by atoms with Crippen LogP contribution in [0.25, 0.3) is 22.3 Å². The average molecular weight is 421 g/mol. The number of hydrogen-bond donors (Lipinski definition) is 3. The van der Waals surface area contributed by atoms with E-state index in [1.807, 2.05) is 30.3 Å². The van der Waals surface area contributed by atoms with Gasteiger partial charge in [0.1, 0.15) is 6.10 Å². The number of nitrogens with one attached hydrogen (secondary N) is 1. The summed E-state index contributed by atoms with van der Waals surface area (Å²) in [6, 6.07) is 26.7. The highest BCUT2D eigenvalue weighted by Gasteiger charge is 2.27. The topological polar surface area (TPSA) is 86.6 Å². The van der Waals surface area contributed by atoms with Crippen molar-refractivity contribution >= 4 is 17.6 Å². The van der Waals surface area contributed by atoms with Gasteiger partial charge in [-0.3, -0.25) is 4.79 Å². The second-order valence-electron chi connectivity index (χ2n) is 7.64. The Morgan fingerprint density at radius 2 is 1.22 bits per heavy atom. The van der Waals surface area contributed by atoms with Crippen LogP contribution in [0.1, 0.15) is 37.9 Å². The van der Waals surface area contributed by atoms with Crippen molar-refractivity contribution in [2.24, 2.45) is 0 Å². The number of carbonyl (C=O) groups excluding carboxylic acids is 1. The number of rotatable bonds is 4. The molecule has 1 aliphatic carbocycles. The maximum atomic E-state index is 13.2. The molecule has 156 valence electrons. The predicted molar refractivity (Wildman–Crippen MR) is 123 cm³/mol. The van der Waals surface area contributed by atoms with Crippen molar-refractivity contribution in [2.45, 2.75) is 6.10 Å². The van der Waals surface area contributed by atoms with Crippen molar-refractivity contribution in [3.63, 3.8) is 0 Å². The highest BCUT2D eigenvalue weighted by Crippen LogP contribution is 2.44. The fraction of sp³-hybridized carbons (Fsp3) is 0.0370. The van der Waals surface area contributed by atoms with Gasteiger partial charge in [0, 0.05) is 11.3 Å². The van der Waals surface area contributed by atoms with Gasteiger partial charge in [0.25, 0.3) is 5.91 Å². The normalized spacial score (nSPS) is 13.8. The molecule has 0 aromatic heterocycles. The molecule has 0 saturated carbocycles. The molecule has 0 spiro atoms. The third-order valence-electron chi connectivity index (χ3n) is 5.77.